The number of nitriles is 1. The molecule has 0 radical (unpaired) electrons. The normalized spacial score (nSPS) is 10.4. The van der Waals surface area contributed by atoms with Gasteiger partial charge in [-0.15, -0.1) is 0 Å². The van der Waals surface area contributed by atoms with Crippen LogP contribution in [0.5, 0.6) is 5.75 Å². The van der Waals surface area contributed by atoms with Gasteiger partial charge in [-0.3, -0.25) is 0 Å². The zero-order valence-corrected chi connectivity index (χ0v) is 13.6. The Balaban J connectivity index is 2.16. The van der Waals surface area contributed by atoms with Crippen LogP contribution in [0.15, 0.2) is 30.7 Å². The lowest BCUT2D eigenvalue weighted by Crippen LogP contribution is -2.04. The molecule has 0 aliphatic heterocycles. The first-order valence-corrected chi connectivity index (χ1v) is 7.55. The lowest BCUT2D eigenvalue weighted by Gasteiger charge is -2.10. The van der Waals surface area contributed by atoms with E-state index >= 15 is 0 Å². The third-order valence-corrected chi connectivity index (χ3v) is 3.67. The van der Waals surface area contributed by atoms with E-state index in [1.54, 1.807) is 26.1 Å². The molecule has 2 N–H and O–H groups in total. The van der Waals surface area contributed by atoms with Gasteiger partial charge in [-0.1, -0.05) is 0 Å². The molecular formula is C17H15N5O3. The highest BCUT2D eigenvalue weighted by Gasteiger charge is 2.20. The molecule has 0 aromatic carbocycles. The molecule has 0 fully saturated rings. The predicted octanol–water partition coefficient (Wildman–Crippen LogP) is 2.54. The summed E-state index contributed by atoms with van der Waals surface area (Å²) in [5.41, 5.74) is 2.38. The predicted molar refractivity (Wildman–Crippen MR) is 89.8 cm³/mol. The summed E-state index contributed by atoms with van der Waals surface area (Å²) in [6.45, 7) is 3.77. The quantitative estimate of drug-likeness (QED) is 0.703. The van der Waals surface area contributed by atoms with Crippen LogP contribution in [0.4, 0.5) is 11.5 Å². The van der Waals surface area contributed by atoms with Crippen LogP contribution in [0.2, 0.25) is 0 Å². The molecular weight excluding hydrogens is 322 g/mol. The fourth-order valence-electron chi connectivity index (χ4n) is 2.50. The second-order valence-electron chi connectivity index (χ2n) is 5.25. The molecule has 0 unspecified atom stereocenters. The van der Waals surface area contributed by atoms with E-state index in [9.17, 15) is 15.2 Å². The SMILES string of the molecule is CCOC(=O)c1cn2ncc(C#N)c(Nc3ccc(O)cn3)c2c1C. The molecule has 0 spiro atoms. The van der Waals surface area contributed by atoms with Gasteiger partial charge in [-0.05, 0) is 31.5 Å². The highest BCUT2D eigenvalue weighted by atomic mass is 16.5. The number of hydrogen-bond donors (Lipinski definition) is 2. The first kappa shape index (κ1) is 16.3. The number of aryl methyl sites for hydroxylation is 1. The van der Waals surface area contributed by atoms with E-state index in [0.29, 0.717) is 33.7 Å². The third kappa shape index (κ3) is 2.95. The molecule has 0 bridgehead atoms. The summed E-state index contributed by atoms with van der Waals surface area (Å²) in [4.78, 5) is 16.2. The van der Waals surface area contributed by atoms with Crippen LogP contribution >= 0.6 is 0 Å². The van der Waals surface area contributed by atoms with Gasteiger partial charge < -0.3 is 15.2 Å². The van der Waals surface area contributed by atoms with Crippen LogP contribution in [-0.2, 0) is 4.74 Å². The highest BCUT2D eigenvalue weighted by Crippen LogP contribution is 2.30. The molecule has 8 heteroatoms. The number of ether oxygens (including phenoxy) is 1. The molecule has 0 aliphatic rings. The van der Waals surface area contributed by atoms with Crippen molar-refractivity contribution in [3.63, 3.8) is 0 Å². The fraction of sp³-hybridized carbons (Fsp3) is 0.176. The Hall–Kier alpha value is -3.60. The maximum absolute atomic E-state index is 12.1. The monoisotopic (exact) mass is 337 g/mol. The molecule has 0 saturated carbocycles. The molecule has 25 heavy (non-hydrogen) atoms. The Morgan fingerprint density at radius 3 is 2.88 bits per heavy atom. The summed E-state index contributed by atoms with van der Waals surface area (Å²) in [6, 6.07) is 5.14. The molecule has 0 aliphatic carbocycles. The van der Waals surface area contributed by atoms with Crippen LogP contribution in [0, 0.1) is 18.3 Å². The van der Waals surface area contributed by atoms with Gasteiger partial charge in [0.2, 0.25) is 0 Å². The number of carbonyl (C=O) groups is 1. The minimum absolute atomic E-state index is 0.0365. The molecule has 3 aromatic rings. The fourth-order valence-corrected chi connectivity index (χ4v) is 2.50. The number of fused-ring (bicyclic) bond motifs is 1. The summed E-state index contributed by atoms with van der Waals surface area (Å²) >= 11 is 0. The number of aromatic hydroxyl groups is 1. The Labute approximate surface area is 143 Å². The van der Waals surface area contributed by atoms with Gasteiger partial charge in [0, 0.05) is 6.20 Å². The number of carbonyl (C=O) groups excluding carboxylic acids is 1. The number of nitrogens with zero attached hydrogens (tertiary/aromatic N) is 4. The molecule has 0 atom stereocenters. The van der Waals surface area contributed by atoms with E-state index in [1.165, 1.54) is 23.0 Å². The van der Waals surface area contributed by atoms with Gasteiger partial charge in [0.1, 0.15) is 17.6 Å². The number of hydrogen-bond acceptors (Lipinski definition) is 7. The van der Waals surface area contributed by atoms with Gasteiger partial charge in [-0.2, -0.15) is 10.4 Å². The van der Waals surface area contributed by atoms with Crippen LogP contribution in [0.1, 0.15) is 28.4 Å². The Morgan fingerprint density at radius 2 is 2.24 bits per heavy atom. The van der Waals surface area contributed by atoms with Crippen molar-refractivity contribution in [1.82, 2.24) is 14.6 Å². The Morgan fingerprint density at radius 1 is 1.44 bits per heavy atom. The number of anilines is 2. The topological polar surface area (TPSA) is 113 Å². The lowest BCUT2D eigenvalue weighted by molar-refractivity contribution is 0.0525. The van der Waals surface area contributed by atoms with E-state index in [1.807, 2.05) is 0 Å². The minimum Gasteiger partial charge on any atom is -0.506 e. The number of esters is 1. The number of aromatic nitrogens is 3. The zero-order chi connectivity index (χ0) is 18.0. The minimum atomic E-state index is -0.447. The van der Waals surface area contributed by atoms with E-state index in [4.69, 9.17) is 4.74 Å². The standard InChI is InChI=1S/C17H15N5O3/c1-3-25-17(24)13-9-22-16(10(13)2)15(11(6-18)7-20-22)21-14-5-4-12(23)8-19-14/h4-5,7-9,23H,3H2,1-2H3,(H,19,21). The van der Waals surface area contributed by atoms with E-state index in [0.717, 1.165) is 0 Å². The summed E-state index contributed by atoms with van der Waals surface area (Å²) in [5, 5.41) is 26.0. The van der Waals surface area contributed by atoms with Crippen molar-refractivity contribution in [2.45, 2.75) is 13.8 Å². The van der Waals surface area contributed by atoms with Crippen molar-refractivity contribution in [2.24, 2.45) is 0 Å². The number of pyridine rings is 1. The van der Waals surface area contributed by atoms with Crippen molar-refractivity contribution < 1.29 is 14.6 Å². The van der Waals surface area contributed by atoms with Crippen molar-refractivity contribution in [1.29, 1.82) is 5.26 Å². The third-order valence-electron chi connectivity index (χ3n) is 3.67. The van der Waals surface area contributed by atoms with Crippen molar-refractivity contribution in [3.8, 4) is 11.8 Å². The smallest absolute Gasteiger partial charge is 0.340 e. The number of nitrogens with one attached hydrogen (secondary N) is 1. The second kappa shape index (κ2) is 6.49. The van der Waals surface area contributed by atoms with Crippen LogP contribution < -0.4 is 5.32 Å². The molecule has 3 aromatic heterocycles. The maximum Gasteiger partial charge on any atom is 0.340 e. The summed E-state index contributed by atoms with van der Waals surface area (Å²) in [5.74, 6) is 0.0350. The summed E-state index contributed by atoms with van der Waals surface area (Å²) in [7, 11) is 0. The van der Waals surface area contributed by atoms with E-state index < -0.39 is 5.97 Å². The van der Waals surface area contributed by atoms with Gasteiger partial charge in [0.25, 0.3) is 0 Å². The average Bonchev–Trinajstić information content (AvgIpc) is 2.95. The van der Waals surface area contributed by atoms with E-state index in [2.05, 4.69) is 21.5 Å². The average molecular weight is 337 g/mol. The molecule has 8 nitrogen and oxygen atoms in total. The molecule has 3 heterocycles. The first-order chi connectivity index (χ1) is 12.0. The van der Waals surface area contributed by atoms with Crippen LogP contribution in [0.25, 0.3) is 5.52 Å². The Kier molecular flexibility index (Phi) is 4.22. The van der Waals surface area contributed by atoms with Crippen molar-refractivity contribution >= 4 is 23.0 Å². The van der Waals surface area contributed by atoms with Crippen LogP contribution in [0.3, 0.4) is 0 Å². The van der Waals surface area contributed by atoms with Gasteiger partial charge in [0.15, 0.2) is 0 Å². The summed E-state index contributed by atoms with van der Waals surface area (Å²) < 4.78 is 6.58. The van der Waals surface area contributed by atoms with Gasteiger partial charge in [-0.25, -0.2) is 14.3 Å². The van der Waals surface area contributed by atoms with Crippen LogP contribution in [-0.4, -0.2) is 32.3 Å². The molecule has 0 saturated heterocycles. The number of rotatable bonds is 4. The first-order valence-electron chi connectivity index (χ1n) is 7.55. The zero-order valence-electron chi connectivity index (χ0n) is 13.6. The largest absolute Gasteiger partial charge is 0.506 e. The van der Waals surface area contributed by atoms with Crippen molar-refractivity contribution in [2.75, 3.05) is 11.9 Å². The highest BCUT2D eigenvalue weighted by molar-refractivity contribution is 5.96. The van der Waals surface area contributed by atoms with E-state index in [-0.39, 0.29) is 12.4 Å². The molecule has 126 valence electrons. The maximum atomic E-state index is 12.1. The van der Waals surface area contributed by atoms with Crippen molar-refractivity contribution in [3.05, 3.63) is 47.4 Å². The lowest BCUT2D eigenvalue weighted by atomic mass is 10.1. The second-order valence-corrected chi connectivity index (χ2v) is 5.25. The molecule has 3 rings (SSSR count). The summed E-state index contributed by atoms with van der Waals surface area (Å²) in [6.07, 6.45) is 4.27. The van der Waals surface area contributed by atoms with Gasteiger partial charge >= 0.3 is 5.97 Å². The van der Waals surface area contributed by atoms with Gasteiger partial charge in [0.05, 0.1) is 41.3 Å². The Bertz CT molecular complexity index is 986. The molecule has 0 amide bonds.